The molecule has 0 N–H and O–H groups in total. The van der Waals surface area contributed by atoms with Crippen LogP contribution in [0.4, 0.5) is 17.6 Å². The van der Waals surface area contributed by atoms with E-state index in [2.05, 4.69) is 19.9 Å². The molecule has 3 aromatic rings. The first kappa shape index (κ1) is 23.0. The molecule has 0 aliphatic rings. The van der Waals surface area contributed by atoms with Crippen LogP contribution >= 0.6 is 0 Å². The Kier molecular flexibility index (Phi) is 6.96. The summed E-state index contributed by atoms with van der Waals surface area (Å²) < 4.78 is 57.1. The van der Waals surface area contributed by atoms with Gasteiger partial charge in [0.1, 0.15) is 12.4 Å². The van der Waals surface area contributed by atoms with E-state index in [1.54, 1.807) is 19.9 Å². The van der Waals surface area contributed by atoms with E-state index in [1.165, 1.54) is 35.5 Å². The molecule has 1 atom stereocenters. The van der Waals surface area contributed by atoms with E-state index in [4.69, 9.17) is 4.74 Å². The number of carbonyl (C=O) groups is 1. The number of ether oxygens (including phenoxy) is 1. The molecule has 0 saturated carbocycles. The maximum atomic E-state index is 13.9. The first-order valence-corrected chi connectivity index (χ1v) is 9.60. The summed E-state index contributed by atoms with van der Waals surface area (Å²) in [6, 6.07) is 4.59. The number of likely N-dealkylation sites (N-methyl/N-ethyl adjacent to an activating group) is 1. The van der Waals surface area contributed by atoms with Gasteiger partial charge in [0.25, 0.3) is 5.91 Å². The number of nitrogens with zero attached hydrogens (tertiary/aromatic N) is 5. The van der Waals surface area contributed by atoms with Crippen molar-refractivity contribution in [3.63, 3.8) is 0 Å². The largest absolute Gasteiger partial charge is 0.461 e. The molecule has 0 aliphatic heterocycles. The minimum atomic E-state index is -4.55. The molecule has 0 saturated heterocycles. The third kappa shape index (κ3) is 5.34. The molecule has 1 aromatic carbocycles. The highest BCUT2D eigenvalue weighted by molar-refractivity contribution is 6.00. The Morgan fingerprint density at radius 3 is 2.38 bits per heavy atom. The fourth-order valence-corrected chi connectivity index (χ4v) is 2.96. The zero-order valence-corrected chi connectivity index (χ0v) is 17.2. The van der Waals surface area contributed by atoms with Crippen LogP contribution in [0.3, 0.4) is 0 Å². The van der Waals surface area contributed by atoms with Crippen molar-refractivity contribution in [2.24, 2.45) is 0 Å². The van der Waals surface area contributed by atoms with Crippen LogP contribution in [0.5, 0.6) is 6.01 Å². The van der Waals surface area contributed by atoms with Crippen molar-refractivity contribution >= 4 is 5.91 Å². The molecule has 0 bridgehead atoms. The van der Waals surface area contributed by atoms with Crippen LogP contribution in [0.2, 0.25) is 0 Å². The molecular weight excluding hydrogens is 430 g/mol. The van der Waals surface area contributed by atoms with Crippen molar-refractivity contribution in [2.75, 3.05) is 13.2 Å². The molecule has 2 aromatic heterocycles. The van der Waals surface area contributed by atoms with Gasteiger partial charge >= 0.3 is 12.2 Å². The molecule has 32 heavy (non-hydrogen) atoms. The van der Waals surface area contributed by atoms with Gasteiger partial charge in [-0.25, -0.2) is 24.3 Å². The summed E-state index contributed by atoms with van der Waals surface area (Å²) in [5.41, 5.74) is -0.541. The number of hydrogen-bond donors (Lipinski definition) is 0. The van der Waals surface area contributed by atoms with Crippen LogP contribution < -0.4 is 4.74 Å². The average Bonchev–Trinajstić information content (AvgIpc) is 2.78. The molecule has 1 amide bonds. The summed E-state index contributed by atoms with van der Waals surface area (Å²) in [6.07, 6.45) is -0.327. The number of aromatic nitrogens is 4. The summed E-state index contributed by atoms with van der Waals surface area (Å²) in [6.45, 7) is 3.69. The molecule has 0 aliphatic carbocycles. The number of benzene rings is 1. The van der Waals surface area contributed by atoms with Crippen molar-refractivity contribution in [2.45, 2.75) is 26.1 Å². The normalized spacial score (nSPS) is 12.3. The van der Waals surface area contributed by atoms with Gasteiger partial charge in [0.05, 0.1) is 17.2 Å². The van der Waals surface area contributed by atoms with Gasteiger partial charge in [0.2, 0.25) is 0 Å². The van der Waals surface area contributed by atoms with Crippen molar-refractivity contribution in [3.05, 3.63) is 66.0 Å². The number of hydrogen-bond acceptors (Lipinski definition) is 6. The van der Waals surface area contributed by atoms with Crippen LogP contribution in [0.1, 0.15) is 29.8 Å². The van der Waals surface area contributed by atoms with E-state index in [0.29, 0.717) is 18.9 Å². The van der Waals surface area contributed by atoms with Crippen LogP contribution in [0.25, 0.3) is 11.4 Å². The standard InChI is InChI=1S/C21H19F4N5O2/c1-3-30(13(2)12-32-20-28-10-14(11-29-20)21(23,24)25)19(31)16-6-5-15(22)9-17(16)18-26-7-4-8-27-18/h4-11,13H,3,12H2,1-2H3/t13-/m0/s1. The monoisotopic (exact) mass is 449 g/mol. The van der Waals surface area contributed by atoms with Gasteiger partial charge in [-0.2, -0.15) is 13.2 Å². The molecule has 168 valence electrons. The topological polar surface area (TPSA) is 81.1 Å². The second-order valence-electron chi connectivity index (χ2n) is 6.77. The van der Waals surface area contributed by atoms with E-state index in [1.807, 2.05) is 0 Å². The minimum absolute atomic E-state index is 0.0662. The molecule has 0 unspecified atom stereocenters. The maximum absolute atomic E-state index is 13.9. The minimum Gasteiger partial charge on any atom is -0.461 e. The Morgan fingerprint density at radius 2 is 1.78 bits per heavy atom. The highest BCUT2D eigenvalue weighted by atomic mass is 19.4. The summed E-state index contributed by atoms with van der Waals surface area (Å²) in [4.78, 5) is 30.0. The maximum Gasteiger partial charge on any atom is 0.419 e. The quantitative estimate of drug-likeness (QED) is 0.507. The molecule has 7 nitrogen and oxygen atoms in total. The van der Waals surface area contributed by atoms with Crippen molar-refractivity contribution < 1.29 is 27.1 Å². The second kappa shape index (κ2) is 9.67. The van der Waals surface area contributed by atoms with Crippen LogP contribution in [0.15, 0.2) is 49.1 Å². The van der Waals surface area contributed by atoms with E-state index >= 15 is 0 Å². The van der Waals surface area contributed by atoms with Gasteiger partial charge < -0.3 is 9.64 Å². The molecule has 0 spiro atoms. The Morgan fingerprint density at radius 1 is 1.12 bits per heavy atom. The zero-order chi connectivity index (χ0) is 23.3. The Balaban J connectivity index is 1.76. The van der Waals surface area contributed by atoms with Gasteiger partial charge in [-0.15, -0.1) is 0 Å². The second-order valence-corrected chi connectivity index (χ2v) is 6.77. The lowest BCUT2D eigenvalue weighted by Gasteiger charge is -2.28. The fourth-order valence-electron chi connectivity index (χ4n) is 2.96. The van der Waals surface area contributed by atoms with E-state index in [-0.39, 0.29) is 29.6 Å². The number of rotatable bonds is 7. The van der Waals surface area contributed by atoms with E-state index < -0.39 is 29.5 Å². The van der Waals surface area contributed by atoms with Crippen LogP contribution in [-0.4, -0.2) is 49.9 Å². The smallest absolute Gasteiger partial charge is 0.419 e. The van der Waals surface area contributed by atoms with Crippen LogP contribution in [-0.2, 0) is 6.18 Å². The van der Waals surface area contributed by atoms with Gasteiger partial charge in [0.15, 0.2) is 5.82 Å². The zero-order valence-electron chi connectivity index (χ0n) is 17.2. The van der Waals surface area contributed by atoms with Crippen LogP contribution in [0, 0.1) is 5.82 Å². The van der Waals surface area contributed by atoms with Gasteiger partial charge in [-0.1, -0.05) is 0 Å². The SMILES string of the molecule is CCN(C(=O)c1ccc(F)cc1-c1ncccn1)[C@@H](C)COc1ncc(C(F)(F)F)cn1. The van der Waals surface area contributed by atoms with Gasteiger partial charge in [-0.3, -0.25) is 4.79 Å². The molecular formula is C21H19F4N5O2. The van der Waals surface area contributed by atoms with Crippen molar-refractivity contribution in [3.8, 4) is 17.4 Å². The van der Waals surface area contributed by atoms with E-state index in [0.717, 1.165) is 0 Å². The predicted molar refractivity (Wildman–Crippen MR) is 106 cm³/mol. The molecule has 2 heterocycles. The number of alkyl halides is 3. The first-order valence-electron chi connectivity index (χ1n) is 9.60. The summed E-state index contributed by atoms with van der Waals surface area (Å²) >= 11 is 0. The lowest BCUT2D eigenvalue weighted by molar-refractivity contribution is -0.138. The van der Waals surface area contributed by atoms with Gasteiger partial charge in [0, 0.05) is 36.9 Å². The van der Waals surface area contributed by atoms with Gasteiger partial charge in [-0.05, 0) is 38.1 Å². The molecule has 11 heteroatoms. The fraction of sp³-hybridized carbons (Fsp3) is 0.286. The summed E-state index contributed by atoms with van der Waals surface area (Å²) in [7, 11) is 0. The Bertz CT molecular complexity index is 1060. The highest BCUT2D eigenvalue weighted by Gasteiger charge is 2.31. The molecule has 3 rings (SSSR count). The highest BCUT2D eigenvalue weighted by Crippen LogP contribution is 2.28. The Labute approximate surface area is 181 Å². The van der Waals surface area contributed by atoms with Crippen molar-refractivity contribution in [1.29, 1.82) is 0 Å². The third-order valence-corrected chi connectivity index (χ3v) is 4.56. The Hall–Kier alpha value is -3.63. The third-order valence-electron chi connectivity index (χ3n) is 4.56. The van der Waals surface area contributed by atoms with Crippen molar-refractivity contribution in [1.82, 2.24) is 24.8 Å². The number of halogens is 4. The molecule has 0 fully saturated rings. The average molecular weight is 449 g/mol. The number of amides is 1. The molecule has 0 radical (unpaired) electrons. The summed E-state index contributed by atoms with van der Waals surface area (Å²) in [5.74, 6) is -0.740. The summed E-state index contributed by atoms with van der Waals surface area (Å²) in [5, 5.41) is 0. The number of carbonyl (C=O) groups excluding carboxylic acids is 1. The van der Waals surface area contributed by atoms with E-state index in [9.17, 15) is 22.4 Å². The lowest BCUT2D eigenvalue weighted by Crippen LogP contribution is -2.42. The first-order chi connectivity index (χ1) is 15.2. The predicted octanol–water partition coefficient (Wildman–Crippen LogP) is 4.02. The lowest BCUT2D eigenvalue weighted by atomic mass is 10.0.